The fourth-order valence-electron chi connectivity index (χ4n) is 4.38. The van der Waals surface area contributed by atoms with Crippen molar-refractivity contribution in [3.63, 3.8) is 0 Å². The van der Waals surface area contributed by atoms with Crippen molar-refractivity contribution in [1.29, 1.82) is 0 Å². The van der Waals surface area contributed by atoms with Crippen molar-refractivity contribution in [2.45, 2.75) is 46.6 Å². The van der Waals surface area contributed by atoms with Gasteiger partial charge in [0.25, 0.3) is 11.5 Å². The van der Waals surface area contributed by atoms with Crippen LogP contribution in [0.2, 0.25) is 0 Å². The maximum atomic E-state index is 13.9. The minimum Gasteiger partial charge on any atom is -0.492 e. The number of carbonyl (C=O) groups excluding carboxylic acids is 1. The lowest BCUT2D eigenvalue weighted by molar-refractivity contribution is 0.0678. The molecule has 6 heteroatoms. The molecule has 186 valence electrons. The lowest BCUT2D eigenvalue weighted by Crippen LogP contribution is -2.38. The average molecular weight is 484 g/mol. The SMILES string of the molecule is CCCCN(C(=O)c1ccc(C)cc1)C(C)c1nc2ccccc2c(=O)n1-c1ccccc1OCC. The number of nitrogens with zero attached hydrogens (tertiary/aromatic N) is 3. The summed E-state index contributed by atoms with van der Waals surface area (Å²) >= 11 is 0. The number of aryl methyl sites for hydroxylation is 1. The highest BCUT2D eigenvalue weighted by molar-refractivity contribution is 5.94. The third-order valence-electron chi connectivity index (χ3n) is 6.36. The van der Waals surface area contributed by atoms with Crippen LogP contribution in [-0.4, -0.2) is 33.5 Å². The van der Waals surface area contributed by atoms with Gasteiger partial charge in [-0.05, 0) is 63.6 Å². The largest absolute Gasteiger partial charge is 0.492 e. The van der Waals surface area contributed by atoms with Gasteiger partial charge in [0, 0.05) is 12.1 Å². The molecular weight excluding hydrogens is 450 g/mol. The summed E-state index contributed by atoms with van der Waals surface area (Å²) in [4.78, 5) is 34.4. The quantitative estimate of drug-likeness (QED) is 0.289. The minimum atomic E-state index is -0.461. The van der Waals surface area contributed by atoms with E-state index in [2.05, 4.69) is 6.92 Å². The summed E-state index contributed by atoms with van der Waals surface area (Å²) in [6.07, 6.45) is 1.78. The molecule has 0 radical (unpaired) electrons. The number of para-hydroxylation sites is 3. The summed E-state index contributed by atoms with van der Waals surface area (Å²) in [5, 5.41) is 0.518. The number of benzene rings is 3. The maximum Gasteiger partial charge on any atom is 0.266 e. The number of carbonyl (C=O) groups is 1. The Labute approximate surface area is 212 Å². The average Bonchev–Trinajstić information content (AvgIpc) is 2.90. The Kier molecular flexibility index (Phi) is 7.84. The second-order valence-corrected chi connectivity index (χ2v) is 8.92. The maximum absolute atomic E-state index is 13.9. The summed E-state index contributed by atoms with van der Waals surface area (Å²) in [6, 6.07) is 21.9. The van der Waals surface area contributed by atoms with Gasteiger partial charge in [-0.3, -0.25) is 14.2 Å². The van der Waals surface area contributed by atoms with Crippen molar-refractivity contribution in [2.75, 3.05) is 13.2 Å². The van der Waals surface area contributed by atoms with E-state index in [4.69, 9.17) is 9.72 Å². The molecule has 0 aliphatic carbocycles. The second kappa shape index (κ2) is 11.2. The molecule has 4 aromatic rings. The van der Waals surface area contributed by atoms with Crippen molar-refractivity contribution >= 4 is 16.8 Å². The van der Waals surface area contributed by atoms with Gasteiger partial charge in [-0.2, -0.15) is 0 Å². The first kappa shape index (κ1) is 25.2. The Bertz CT molecular complexity index is 1410. The van der Waals surface area contributed by atoms with Gasteiger partial charge in [0.05, 0.1) is 29.2 Å². The summed E-state index contributed by atoms with van der Waals surface area (Å²) < 4.78 is 7.49. The number of rotatable bonds is 9. The number of amides is 1. The first-order valence-corrected chi connectivity index (χ1v) is 12.6. The molecule has 0 fully saturated rings. The van der Waals surface area contributed by atoms with Gasteiger partial charge < -0.3 is 9.64 Å². The summed E-state index contributed by atoms with van der Waals surface area (Å²) in [5.41, 5.74) is 2.74. The van der Waals surface area contributed by atoms with Gasteiger partial charge in [0.15, 0.2) is 0 Å². The number of hydrogen-bond donors (Lipinski definition) is 0. The van der Waals surface area contributed by atoms with E-state index in [1.807, 2.05) is 92.4 Å². The number of ether oxygens (including phenoxy) is 1. The molecule has 1 aromatic heterocycles. The highest BCUT2D eigenvalue weighted by Crippen LogP contribution is 2.29. The number of unbranched alkanes of at least 4 members (excludes halogenated alkanes) is 1. The molecule has 0 N–H and O–H groups in total. The smallest absolute Gasteiger partial charge is 0.266 e. The molecule has 1 unspecified atom stereocenters. The van der Waals surface area contributed by atoms with E-state index < -0.39 is 6.04 Å². The number of fused-ring (bicyclic) bond motifs is 1. The van der Waals surface area contributed by atoms with Crippen LogP contribution in [0.25, 0.3) is 16.6 Å². The van der Waals surface area contributed by atoms with Crippen molar-refractivity contribution in [3.8, 4) is 11.4 Å². The monoisotopic (exact) mass is 483 g/mol. The Morgan fingerprint density at radius 1 is 1.00 bits per heavy atom. The van der Waals surface area contributed by atoms with Crippen LogP contribution in [0.4, 0.5) is 0 Å². The summed E-state index contributed by atoms with van der Waals surface area (Å²) in [7, 11) is 0. The Balaban J connectivity index is 1.92. The molecule has 0 bridgehead atoms. The topological polar surface area (TPSA) is 64.4 Å². The molecule has 4 rings (SSSR count). The van der Waals surface area contributed by atoms with E-state index in [0.29, 0.717) is 46.9 Å². The molecule has 0 saturated carbocycles. The third-order valence-corrected chi connectivity index (χ3v) is 6.36. The predicted molar refractivity (Wildman–Crippen MR) is 144 cm³/mol. The van der Waals surface area contributed by atoms with Crippen LogP contribution in [0.15, 0.2) is 77.6 Å². The molecule has 0 aliphatic heterocycles. The van der Waals surface area contributed by atoms with Crippen LogP contribution in [0.1, 0.15) is 61.4 Å². The third kappa shape index (κ3) is 5.03. The predicted octanol–water partition coefficient (Wildman–Crippen LogP) is 6.10. The first-order chi connectivity index (χ1) is 17.5. The fourth-order valence-corrected chi connectivity index (χ4v) is 4.38. The molecule has 1 heterocycles. The zero-order valence-corrected chi connectivity index (χ0v) is 21.4. The fraction of sp³-hybridized carbons (Fsp3) is 0.300. The van der Waals surface area contributed by atoms with Crippen molar-refractivity contribution in [1.82, 2.24) is 14.5 Å². The van der Waals surface area contributed by atoms with E-state index >= 15 is 0 Å². The molecule has 1 atom stereocenters. The zero-order chi connectivity index (χ0) is 25.7. The van der Waals surface area contributed by atoms with Gasteiger partial charge in [-0.1, -0.05) is 55.3 Å². The van der Waals surface area contributed by atoms with Gasteiger partial charge in [-0.25, -0.2) is 4.98 Å². The zero-order valence-electron chi connectivity index (χ0n) is 21.4. The molecule has 1 amide bonds. The molecule has 0 saturated heterocycles. The van der Waals surface area contributed by atoms with Crippen LogP contribution < -0.4 is 10.3 Å². The minimum absolute atomic E-state index is 0.0806. The molecular formula is C30H33N3O3. The van der Waals surface area contributed by atoms with Gasteiger partial charge in [0.2, 0.25) is 0 Å². The van der Waals surface area contributed by atoms with E-state index in [1.165, 1.54) is 0 Å². The summed E-state index contributed by atoms with van der Waals surface area (Å²) in [6.45, 7) is 8.97. The molecule has 6 nitrogen and oxygen atoms in total. The Morgan fingerprint density at radius 3 is 2.42 bits per heavy atom. The van der Waals surface area contributed by atoms with Crippen LogP contribution in [0, 0.1) is 6.92 Å². The molecule has 3 aromatic carbocycles. The lowest BCUT2D eigenvalue weighted by Gasteiger charge is -2.31. The van der Waals surface area contributed by atoms with E-state index in [9.17, 15) is 9.59 Å². The van der Waals surface area contributed by atoms with Crippen molar-refractivity contribution in [3.05, 3.63) is 100 Å². The van der Waals surface area contributed by atoms with Crippen LogP contribution >= 0.6 is 0 Å². The highest BCUT2D eigenvalue weighted by atomic mass is 16.5. The van der Waals surface area contributed by atoms with Crippen LogP contribution in [-0.2, 0) is 0 Å². The normalized spacial score (nSPS) is 11.9. The van der Waals surface area contributed by atoms with E-state index in [1.54, 1.807) is 10.6 Å². The van der Waals surface area contributed by atoms with Crippen molar-refractivity contribution < 1.29 is 9.53 Å². The highest BCUT2D eigenvalue weighted by Gasteiger charge is 2.28. The van der Waals surface area contributed by atoms with Crippen LogP contribution in [0.5, 0.6) is 5.75 Å². The standard InChI is InChI=1S/C30H33N3O3/c1-5-7-20-32(29(34)23-18-16-21(3)17-19-23)22(4)28-31-25-13-9-8-12-24(25)30(35)33(28)26-14-10-11-15-27(26)36-6-2/h8-19,22H,5-7,20H2,1-4H3. The van der Waals surface area contributed by atoms with Gasteiger partial charge in [0.1, 0.15) is 11.6 Å². The molecule has 0 spiro atoms. The summed E-state index contributed by atoms with van der Waals surface area (Å²) in [5.74, 6) is 1.02. The number of aromatic nitrogens is 2. The van der Waals surface area contributed by atoms with Crippen LogP contribution in [0.3, 0.4) is 0 Å². The first-order valence-electron chi connectivity index (χ1n) is 12.6. The molecule has 0 aliphatic rings. The lowest BCUT2D eigenvalue weighted by atomic mass is 10.1. The van der Waals surface area contributed by atoms with Gasteiger partial charge >= 0.3 is 0 Å². The Hall–Kier alpha value is -3.93. The second-order valence-electron chi connectivity index (χ2n) is 8.92. The number of hydrogen-bond acceptors (Lipinski definition) is 4. The molecule has 36 heavy (non-hydrogen) atoms. The van der Waals surface area contributed by atoms with E-state index in [-0.39, 0.29) is 11.5 Å². The van der Waals surface area contributed by atoms with E-state index in [0.717, 1.165) is 18.4 Å². The Morgan fingerprint density at radius 2 is 1.69 bits per heavy atom. The van der Waals surface area contributed by atoms with Crippen molar-refractivity contribution in [2.24, 2.45) is 0 Å². The van der Waals surface area contributed by atoms with Gasteiger partial charge in [-0.15, -0.1) is 0 Å².